The predicted molar refractivity (Wildman–Crippen MR) is 114 cm³/mol. The van der Waals surface area contributed by atoms with Gasteiger partial charge in [0.1, 0.15) is 0 Å². The molecule has 0 spiro atoms. The van der Waals surface area contributed by atoms with Gasteiger partial charge in [0.2, 0.25) is 5.95 Å². The van der Waals surface area contributed by atoms with E-state index in [-0.39, 0.29) is 5.91 Å². The van der Waals surface area contributed by atoms with Gasteiger partial charge in [-0.3, -0.25) is 19.4 Å². The largest absolute Gasteiger partial charge is 0.327 e. The molecule has 3 heterocycles. The van der Waals surface area contributed by atoms with Crippen LogP contribution in [-0.4, -0.2) is 34.8 Å². The molecule has 148 valence electrons. The van der Waals surface area contributed by atoms with E-state index in [0.29, 0.717) is 23.4 Å². The van der Waals surface area contributed by atoms with Gasteiger partial charge in [-0.1, -0.05) is 12.1 Å². The minimum atomic E-state index is -0.215. The number of nitrogens with zero attached hydrogens (tertiary/aromatic N) is 6. The summed E-state index contributed by atoms with van der Waals surface area (Å²) in [5.74, 6) is 0.924. The number of fused-ring (bicyclic) bond motifs is 2. The maximum atomic E-state index is 13.1. The zero-order chi connectivity index (χ0) is 20.2. The van der Waals surface area contributed by atoms with Crippen LogP contribution in [0, 0.1) is 0 Å². The fourth-order valence-electron chi connectivity index (χ4n) is 3.85. The Morgan fingerprint density at radius 2 is 1.93 bits per heavy atom. The molecular weight excluding hydrogens is 378 g/mol. The lowest BCUT2D eigenvalue weighted by molar-refractivity contribution is 0.102. The summed E-state index contributed by atoms with van der Waals surface area (Å²) < 4.78 is 5.75. The molecule has 5 aromatic rings. The van der Waals surface area contributed by atoms with Crippen LogP contribution in [0.5, 0.6) is 0 Å². The molecule has 0 bridgehead atoms. The van der Waals surface area contributed by atoms with Crippen molar-refractivity contribution >= 4 is 33.9 Å². The molecule has 1 aliphatic rings. The molecular formula is C22H19N7O. The van der Waals surface area contributed by atoms with Crippen LogP contribution < -0.4 is 5.32 Å². The van der Waals surface area contributed by atoms with Gasteiger partial charge < -0.3 is 4.57 Å². The quantitative estimate of drug-likeness (QED) is 0.501. The summed E-state index contributed by atoms with van der Waals surface area (Å²) in [5.41, 5.74) is 4.14. The van der Waals surface area contributed by atoms with Gasteiger partial charge in [0, 0.05) is 30.9 Å². The van der Waals surface area contributed by atoms with Crippen molar-refractivity contribution in [2.75, 3.05) is 5.32 Å². The van der Waals surface area contributed by atoms with Gasteiger partial charge in [0.25, 0.3) is 5.91 Å². The summed E-state index contributed by atoms with van der Waals surface area (Å²) in [4.78, 5) is 22.2. The average molecular weight is 397 g/mol. The Kier molecular flexibility index (Phi) is 3.55. The van der Waals surface area contributed by atoms with E-state index in [9.17, 15) is 4.79 Å². The molecule has 1 aliphatic carbocycles. The minimum Gasteiger partial charge on any atom is -0.327 e. The summed E-state index contributed by atoms with van der Waals surface area (Å²) in [7, 11) is 1.86. The number of anilines is 1. The van der Waals surface area contributed by atoms with E-state index < -0.39 is 0 Å². The van der Waals surface area contributed by atoms with E-state index in [2.05, 4.69) is 25.0 Å². The second-order valence-electron chi connectivity index (χ2n) is 7.65. The van der Waals surface area contributed by atoms with Gasteiger partial charge in [0.05, 0.1) is 28.4 Å². The van der Waals surface area contributed by atoms with Crippen LogP contribution in [0.2, 0.25) is 0 Å². The first-order valence-electron chi connectivity index (χ1n) is 9.93. The fraction of sp³-hybridized carbons (Fsp3) is 0.182. The SMILES string of the molecule is Cn1ccc(-n2c(NC(=O)c3ccc4ncn(C5CC5)c4c3)nc3ccccc32)n1. The number of nitrogens with one attached hydrogen (secondary N) is 1. The van der Waals surface area contributed by atoms with Gasteiger partial charge in [-0.2, -0.15) is 5.10 Å². The summed E-state index contributed by atoms with van der Waals surface area (Å²) in [6, 6.07) is 15.8. The normalized spacial score (nSPS) is 13.9. The van der Waals surface area contributed by atoms with Crippen LogP contribution in [0.3, 0.4) is 0 Å². The molecule has 6 rings (SSSR count). The van der Waals surface area contributed by atoms with Crippen LogP contribution in [0.4, 0.5) is 5.95 Å². The van der Waals surface area contributed by atoms with Crippen molar-refractivity contribution in [2.45, 2.75) is 18.9 Å². The first kappa shape index (κ1) is 17.0. The zero-order valence-corrected chi connectivity index (χ0v) is 16.4. The van der Waals surface area contributed by atoms with E-state index >= 15 is 0 Å². The molecule has 1 N–H and O–H groups in total. The molecule has 0 aliphatic heterocycles. The van der Waals surface area contributed by atoms with E-state index in [1.165, 1.54) is 0 Å². The number of benzene rings is 2. The van der Waals surface area contributed by atoms with Crippen molar-refractivity contribution in [1.29, 1.82) is 0 Å². The predicted octanol–water partition coefficient (Wildman–Crippen LogP) is 3.70. The van der Waals surface area contributed by atoms with Gasteiger partial charge in [-0.15, -0.1) is 0 Å². The molecule has 30 heavy (non-hydrogen) atoms. The van der Waals surface area contributed by atoms with E-state index in [0.717, 1.165) is 34.9 Å². The third-order valence-electron chi connectivity index (χ3n) is 5.49. The zero-order valence-electron chi connectivity index (χ0n) is 16.4. The van der Waals surface area contributed by atoms with E-state index in [1.807, 2.05) is 66.6 Å². The Labute approximate surface area is 171 Å². The first-order valence-corrected chi connectivity index (χ1v) is 9.93. The minimum absolute atomic E-state index is 0.215. The molecule has 1 fully saturated rings. The molecule has 1 amide bonds. The maximum absolute atomic E-state index is 13.1. The van der Waals surface area contributed by atoms with Crippen molar-refractivity contribution in [2.24, 2.45) is 7.05 Å². The van der Waals surface area contributed by atoms with Gasteiger partial charge >= 0.3 is 0 Å². The number of carbonyl (C=O) groups is 1. The van der Waals surface area contributed by atoms with Crippen LogP contribution in [0.25, 0.3) is 27.9 Å². The highest BCUT2D eigenvalue weighted by atomic mass is 16.1. The third-order valence-corrected chi connectivity index (χ3v) is 5.49. The second-order valence-corrected chi connectivity index (χ2v) is 7.65. The van der Waals surface area contributed by atoms with Crippen molar-refractivity contribution in [1.82, 2.24) is 28.9 Å². The Hall–Kier alpha value is -3.94. The van der Waals surface area contributed by atoms with Crippen LogP contribution in [0.1, 0.15) is 29.2 Å². The Morgan fingerprint density at radius 3 is 2.73 bits per heavy atom. The van der Waals surface area contributed by atoms with Crippen molar-refractivity contribution < 1.29 is 4.79 Å². The second kappa shape index (κ2) is 6.28. The summed E-state index contributed by atoms with van der Waals surface area (Å²) in [5, 5.41) is 7.47. The lowest BCUT2D eigenvalue weighted by Crippen LogP contribution is -2.16. The number of imidazole rings is 2. The molecule has 0 saturated heterocycles. The third kappa shape index (κ3) is 2.68. The van der Waals surface area contributed by atoms with Crippen molar-refractivity contribution in [3.05, 3.63) is 66.6 Å². The number of rotatable bonds is 4. The van der Waals surface area contributed by atoms with E-state index in [1.54, 1.807) is 10.7 Å². The smallest absolute Gasteiger partial charge is 0.258 e. The first-order chi connectivity index (χ1) is 14.7. The Bertz CT molecular complexity index is 1420. The number of para-hydroxylation sites is 2. The van der Waals surface area contributed by atoms with Gasteiger partial charge in [-0.25, -0.2) is 9.97 Å². The summed E-state index contributed by atoms with van der Waals surface area (Å²) in [6.07, 6.45) is 6.05. The number of hydrogen-bond acceptors (Lipinski definition) is 4. The van der Waals surface area contributed by atoms with Crippen molar-refractivity contribution in [3.63, 3.8) is 0 Å². The molecule has 0 radical (unpaired) electrons. The molecule has 2 aromatic carbocycles. The number of aryl methyl sites for hydroxylation is 1. The topological polar surface area (TPSA) is 82.6 Å². The monoisotopic (exact) mass is 397 g/mol. The number of carbonyl (C=O) groups excluding carboxylic acids is 1. The van der Waals surface area contributed by atoms with Crippen LogP contribution >= 0.6 is 0 Å². The number of hydrogen-bond donors (Lipinski definition) is 1. The highest BCUT2D eigenvalue weighted by Gasteiger charge is 2.25. The highest BCUT2D eigenvalue weighted by Crippen LogP contribution is 2.37. The maximum Gasteiger partial charge on any atom is 0.258 e. The molecule has 8 nitrogen and oxygen atoms in total. The fourth-order valence-corrected chi connectivity index (χ4v) is 3.85. The Morgan fingerprint density at radius 1 is 1.07 bits per heavy atom. The lowest BCUT2D eigenvalue weighted by atomic mass is 10.2. The van der Waals surface area contributed by atoms with Crippen LogP contribution in [-0.2, 0) is 7.05 Å². The number of amides is 1. The molecule has 0 unspecified atom stereocenters. The summed E-state index contributed by atoms with van der Waals surface area (Å²) >= 11 is 0. The molecule has 0 atom stereocenters. The van der Waals surface area contributed by atoms with Crippen molar-refractivity contribution in [3.8, 4) is 5.82 Å². The highest BCUT2D eigenvalue weighted by molar-refractivity contribution is 6.06. The van der Waals surface area contributed by atoms with Crippen LogP contribution in [0.15, 0.2) is 61.1 Å². The van der Waals surface area contributed by atoms with Gasteiger partial charge in [-0.05, 0) is 43.2 Å². The molecule has 8 heteroatoms. The lowest BCUT2D eigenvalue weighted by Gasteiger charge is -2.08. The van der Waals surface area contributed by atoms with Gasteiger partial charge in [0.15, 0.2) is 5.82 Å². The molecule has 3 aromatic heterocycles. The average Bonchev–Trinajstić information content (AvgIpc) is 3.20. The number of aromatic nitrogens is 6. The standard InChI is InChI=1S/C22H19N7O/c1-27-11-10-20(26-27)29-18-5-3-2-4-17(18)24-22(29)25-21(30)14-6-9-16-19(12-14)28(13-23-16)15-7-8-15/h2-6,9-13,15H,7-8H2,1H3,(H,24,25,30). The Balaban J connectivity index is 1.41. The molecule has 1 saturated carbocycles. The van der Waals surface area contributed by atoms with E-state index in [4.69, 9.17) is 0 Å². The summed E-state index contributed by atoms with van der Waals surface area (Å²) in [6.45, 7) is 0.